The quantitative estimate of drug-likeness (QED) is 0.261. The number of morpholine rings is 2. The molecule has 0 aliphatic carbocycles. The Labute approximate surface area is 236 Å². The number of nitrogens with zero attached hydrogens (tertiary/aromatic N) is 7. The second kappa shape index (κ2) is 11.7. The number of nitrogens with one attached hydrogen (secondary N) is 1. The van der Waals surface area contributed by atoms with Crippen molar-refractivity contribution < 1.29 is 9.47 Å². The zero-order valence-electron chi connectivity index (χ0n) is 21.3. The fraction of sp³-hybridized carbons (Fsp3) is 0.333. The molecule has 0 radical (unpaired) electrons. The molecule has 0 atom stereocenters. The molecule has 4 heterocycles. The molecule has 202 valence electrons. The van der Waals surface area contributed by atoms with Gasteiger partial charge in [-0.2, -0.15) is 15.1 Å². The molecule has 2 aliphatic rings. The van der Waals surface area contributed by atoms with E-state index in [1.165, 1.54) is 0 Å². The van der Waals surface area contributed by atoms with Gasteiger partial charge >= 0.3 is 0 Å². The van der Waals surface area contributed by atoms with Crippen molar-refractivity contribution in [2.45, 2.75) is 6.54 Å². The standard InChI is InChI=1S/C27H28Cl2N8O2/c28-20-6-5-19(15-21(20)29)18-37-23-4-2-1-3-22(23)31-26(37)17-30-34-24-16-25(35-7-11-38-12-8-35)33-27(32-24)36-9-13-39-14-10-36/h1-6,15-17H,7-14,18H2,(H,32,33,34)/b30-17+. The van der Waals surface area contributed by atoms with E-state index >= 15 is 0 Å². The van der Waals surface area contributed by atoms with E-state index in [4.69, 9.17) is 47.6 Å². The van der Waals surface area contributed by atoms with E-state index in [1.54, 1.807) is 12.3 Å². The Morgan fingerprint density at radius 2 is 1.59 bits per heavy atom. The SMILES string of the molecule is Clc1ccc(Cn2c(/C=N/Nc3cc(N4CCOCC4)nc(N4CCOCC4)n3)nc3ccccc32)cc1Cl. The lowest BCUT2D eigenvalue weighted by Gasteiger charge is -2.31. The minimum atomic E-state index is 0.520. The van der Waals surface area contributed by atoms with E-state index in [1.807, 2.05) is 42.5 Å². The van der Waals surface area contributed by atoms with Crippen LogP contribution in [-0.2, 0) is 16.0 Å². The molecule has 39 heavy (non-hydrogen) atoms. The van der Waals surface area contributed by atoms with Crippen LogP contribution in [0.2, 0.25) is 10.0 Å². The van der Waals surface area contributed by atoms with Crippen molar-refractivity contribution in [3.05, 3.63) is 70.0 Å². The molecule has 2 fully saturated rings. The van der Waals surface area contributed by atoms with Crippen molar-refractivity contribution in [1.82, 2.24) is 19.5 Å². The first-order chi connectivity index (χ1) is 19.1. The number of imidazole rings is 1. The topological polar surface area (TPSA) is 92.9 Å². The number of fused-ring (bicyclic) bond motifs is 1. The third-order valence-corrected chi connectivity index (χ3v) is 7.44. The Hall–Kier alpha value is -3.44. The zero-order valence-corrected chi connectivity index (χ0v) is 22.8. The molecule has 0 bridgehead atoms. The number of rotatable bonds is 7. The fourth-order valence-electron chi connectivity index (χ4n) is 4.67. The molecular formula is C27H28Cl2N8O2. The monoisotopic (exact) mass is 566 g/mol. The van der Waals surface area contributed by atoms with Gasteiger partial charge in [-0.05, 0) is 29.8 Å². The Morgan fingerprint density at radius 3 is 2.36 bits per heavy atom. The maximum absolute atomic E-state index is 6.28. The van der Waals surface area contributed by atoms with Gasteiger partial charge in [-0.1, -0.05) is 41.4 Å². The van der Waals surface area contributed by atoms with Crippen molar-refractivity contribution in [3.8, 4) is 0 Å². The third-order valence-electron chi connectivity index (χ3n) is 6.70. The third kappa shape index (κ3) is 5.94. The average Bonchev–Trinajstić information content (AvgIpc) is 3.32. The van der Waals surface area contributed by atoms with Crippen molar-refractivity contribution in [3.63, 3.8) is 0 Å². The number of hydrogen-bond donors (Lipinski definition) is 1. The number of hydrazone groups is 1. The van der Waals surface area contributed by atoms with Crippen LogP contribution in [0.4, 0.5) is 17.6 Å². The molecule has 0 spiro atoms. The number of benzene rings is 2. The van der Waals surface area contributed by atoms with Crippen LogP contribution in [0.1, 0.15) is 11.4 Å². The lowest BCUT2D eigenvalue weighted by Crippen LogP contribution is -2.39. The molecule has 0 amide bonds. The van der Waals surface area contributed by atoms with Crippen LogP contribution in [0.25, 0.3) is 11.0 Å². The maximum atomic E-state index is 6.28. The van der Waals surface area contributed by atoms with E-state index in [-0.39, 0.29) is 0 Å². The highest BCUT2D eigenvalue weighted by Gasteiger charge is 2.19. The summed E-state index contributed by atoms with van der Waals surface area (Å²) in [5, 5.41) is 5.58. The van der Waals surface area contributed by atoms with Gasteiger partial charge < -0.3 is 23.8 Å². The largest absolute Gasteiger partial charge is 0.378 e. The molecule has 4 aromatic rings. The number of halogens is 2. The smallest absolute Gasteiger partial charge is 0.229 e. The van der Waals surface area contributed by atoms with Crippen LogP contribution < -0.4 is 15.2 Å². The molecule has 2 aromatic heterocycles. The van der Waals surface area contributed by atoms with Crippen molar-refractivity contribution in [2.75, 3.05) is 67.8 Å². The molecule has 2 saturated heterocycles. The van der Waals surface area contributed by atoms with Crippen LogP contribution >= 0.6 is 23.2 Å². The molecule has 12 heteroatoms. The van der Waals surface area contributed by atoms with Gasteiger partial charge in [0.2, 0.25) is 5.95 Å². The van der Waals surface area contributed by atoms with E-state index in [2.05, 4.69) is 24.9 Å². The zero-order chi connectivity index (χ0) is 26.6. The Bertz CT molecular complexity index is 1450. The van der Waals surface area contributed by atoms with Crippen LogP contribution in [-0.4, -0.2) is 78.3 Å². The molecule has 0 saturated carbocycles. The number of ether oxygens (including phenoxy) is 2. The summed E-state index contributed by atoms with van der Waals surface area (Å²) in [6.07, 6.45) is 1.71. The van der Waals surface area contributed by atoms with Gasteiger partial charge in [0.15, 0.2) is 11.6 Å². The van der Waals surface area contributed by atoms with E-state index < -0.39 is 0 Å². The highest BCUT2D eigenvalue weighted by Crippen LogP contribution is 2.25. The summed E-state index contributed by atoms with van der Waals surface area (Å²) in [6.45, 7) is 6.26. The molecule has 10 nitrogen and oxygen atoms in total. The summed E-state index contributed by atoms with van der Waals surface area (Å²) in [5.41, 5.74) is 6.00. The molecule has 6 rings (SSSR count). The predicted octanol–water partition coefficient (Wildman–Crippen LogP) is 4.30. The van der Waals surface area contributed by atoms with Crippen molar-refractivity contribution >= 4 is 58.0 Å². The highest BCUT2D eigenvalue weighted by molar-refractivity contribution is 6.42. The Morgan fingerprint density at radius 1 is 0.846 bits per heavy atom. The van der Waals surface area contributed by atoms with E-state index in [0.717, 1.165) is 48.6 Å². The number of para-hydroxylation sites is 2. The molecule has 0 unspecified atom stereocenters. The van der Waals surface area contributed by atoms with Crippen molar-refractivity contribution in [2.24, 2.45) is 5.10 Å². The Balaban J connectivity index is 1.28. The van der Waals surface area contributed by atoms with Gasteiger partial charge in [-0.15, -0.1) is 0 Å². The van der Waals surface area contributed by atoms with Crippen LogP contribution in [0.3, 0.4) is 0 Å². The molecule has 2 aliphatic heterocycles. The summed E-state index contributed by atoms with van der Waals surface area (Å²) < 4.78 is 13.1. The fourth-order valence-corrected chi connectivity index (χ4v) is 4.99. The summed E-state index contributed by atoms with van der Waals surface area (Å²) >= 11 is 12.4. The van der Waals surface area contributed by atoms with Crippen LogP contribution in [0.15, 0.2) is 53.6 Å². The second-order valence-electron chi connectivity index (χ2n) is 9.27. The maximum Gasteiger partial charge on any atom is 0.229 e. The van der Waals surface area contributed by atoms with Crippen LogP contribution in [0, 0.1) is 0 Å². The molecular weight excluding hydrogens is 539 g/mol. The van der Waals surface area contributed by atoms with Gasteiger partial charge in [0.25, 0.3) is 0 Å². The van der Waals surface area contributed by atoms with E-state index in [0.29, 0.717) is 60.6 Å². The lowest BCUT2D eigenvalue weighted by molar-refractivity contribution is 0.121. The summed E-state index contributed by atoms with van der Waals surface area (Å²) in [4.78, 5) is 18.8. The van der Waals surface area contributed by atoms with Crippen LogP contribution in [0.5, 0.6) is 0 Å². The summed E-state index contributed by atoms with van der Waals surface area (Å²) in [5.74, 6) is 2.81. The minimum Gasteiger partial charge on any atom is -0.378 e. The average molecular weight is 567 g/mol. The minimum absolute atomic E-state index is 0.520. The van der Waals surface area contributed by atoms with Crippen molar-refractivity contribution in [1.29, 1.82) is 0 Å². The summed E-state index contributed by atoms with van der Waals surface area (Å²) in [7, 11) is 0. The van der Waals surface area contributed by atoms with Gasteiger partial charge in [0, 0.05) is 38.8 Å². The van der Waals surface area contributed by atoms with Gasteiger partial charge in [-0.25, -0.2) is 4.98 Å². The number of hydrogen-bond acceptors (Lipinski definition) is 9. The van der Waals surface area contributed by atoms with Gasteiger partial charge in [0.05, 0.1) is 53.7 Å². The highest BCUT2D eigenvalue weighted by atomic mass is 35.5. The predicted molar refractivity (Wildman–Crippen MR) is 155 cm³/mol. The Kier molecular flexibility index (Phi) is 7.78. The molecule has 2 aromatic carbocycles. The number of anilines is 3. The first-order valence-corrected chi connectivity index (χ1v) is 13.6. The number of aromatic nitrogens is 4. The van der Waals surface area contributed by atoms with E-state index in [9.17, 15) is 0 Å². The molecule has 1 N–H and O–H groups in total. The van der Waals surface area contributed by atoms with Gasteiger partial charge in [0.1, 0.15) is 5.82 Å². The normalized spacial score (nSPS) is 16.4. The lowest BCUT2D eigenvalue weighted by atomic mass is 10.2. The second-order valence-corrected chi connectivity index (χ2v) is 10.1. The first kappa shape index (κ1) is 25.8. The summed E-state index contributed by atoms with van der Waals surface area (Å²) in [6, 6.07) is 15.6. The first-order valence-electron chi connectivity index (χ1n) is 12.9. The van der Waals surface area contributed by atoms with Gasteiger partial charge in [-0.3, -0.25) is 5.43 Å².